The molecule has 0 saturated carbocycles. The molecule has 0 spiro atoms. The van der Waals surface area contributed by atoms with Gasteiger partial charge < -0.3 is 4.74 Å². The number of hydrogen-bond acceptors (Lipinski definition) is 4. The number of benzene rings is 1. The zero-order valence-electron chi connectivity index (χ0n) is 14.9. The largest absolute Gasteiger partial charge is 0.464 e. The number of esters is 1. The lowest BCUT2D eigenvalue weighted by Gasteiger charge is -2.30. The summed E-state index contributed by atoms with van der Waals surface area (Å²) >= 11 is 0. The van der Waals surface area contributed by atoms with Gasteiger partial charge in [0.05, 0.1) is 13.3 Å². The molecule has 1 atom stereocenters. The average Bonchev–Trinajstić information content (AvgIpc) is 2.61. The number of H-pyrrole nitrogens is 1. The highest BCUT2D eigenvalue weighted by molar-refractivity contribution is 5.99. The van der Waals surface area contributed by atoms with E-state index < -0.39 is 23.7 Å². The van der Waals surface area contributed by atoms with Crippen molar-refractivity contribution in [2.45, 2.75) is 25.7 Å². The van der Waals surface area contributed by atoms with Gasteiger partial charge in [0.2, 0.25) is 0 Å². The van der Waals surface area contributed by atoms with Gasteiger partial charge in [-0.15, -0.1) is 0 Å². The average molecular weight is 382 g/mol. The van der Waals surface area contributed by atoms with Crippen molar-refractivity contribution in [3.63, 3.8) is 0 Å². The van der Waals surface area contributed by atoms with E-state index in [2.05, 4.69) is 9.72 Å². The van der Waals surface area contributed by atoms with E-state index in [9.17, 15) is 22.8 Å². The van der Waals surface area contributed by atoms with Crippen LogP contribution in [0.1, 0.15) is 21.5 Å². The van der Waals surface area contributed by atoms with Gasteiger partial charge in [0, 0.05) is 11.6 Å². The van der Waals surface area contributed by atoms with Crippen molar-refractivity contribution >= 4 is 17.7 Å². The number of hydrogen-bond donors (Lipinski definition) is 2. The Bertz CT molecular complexity index is 838. The molecule has 0 radical (unpaired) electrons. The second kappa shape index (κ2) is 7.65. The Balaban J connectivity index is 2.48. The SMILES string of the molecule is COC(=O)[C@](NC(=O)c1cccc(C)c1)(Nc1ccc(C)c[nH+]1)C(F)(F)F. The van der Waals surface area contributed by atoms with Crippen molar-refractivity contribution in [3.05, 3.63) is 59.3 Å². The minimum atomic E-state index is -5.20. The van der Waals surface area contributed by atoms with E-state index >= 15 is 0 Å². The van der Waals surface area contributed by atoms with Crippen molar-refractivity contribution in [2.24, 2.45) is 0 Å². The summed E-state index contributed by atoms with van der Waals surface area (Å²) in [4.78, 5) is 27.2. The summed E-state index contributed by atoms with van der Waals surface area (Å²) in [6, 6.07) is 8.83. The van der Waals surface area contributed by atoms with Crippen LogP contribution in [-0.2, 0) is 9.53 Å². The van der Waals surface area contributed by atoms with Crippen LogP contribution < -0.4 is 15.6 Å². The molecule has 1 heterocycles. The number of methoxy groups -OCH3 is 1. The fraction of sp³-hybridized carbons (Fsp3) is 0.278. The third kappa shape index (κ3) is 4.36. The number of nitrogens with one attached hydrogen (secondary N) is 3. The second-order valence-corrected chi connectivity index (χ2v) is 5.97. The highest BCUT2D eigenvalue weighted by atomic mass is 19.4. The number of carbonyl (C=O) groups is 2. The Kier molecular flexibility index (Phi) is 5.72. The van der Waals surface area contributed by atoms with Gasteiger partial charge in [-0.3, -0.25) is 10.1 Å². The number of rotatable bonds is 5. The monoisotopic (exact) mass is 382 g/mol. The predicted octanol–water partition coefficient (Wildman–Crippen LogP) is 2.39. The fourth-order valence-electron chi connectivity index (χ4n) is 2.35. The van der Waals surface area contributed by atoms with Crippen molar-refractivity contribution in [1.29, 1.82) is 0 Å². The number of alkyl halides is 3. The van der Waals surface area contributed by atoms with Crippen LogP contribution in [0.15, 0.2) is 42.6 Å². The standard InChI is InChI=1S/C18H18F3N3O3/c1-11-5-4-6-13(9-11)15(25)24-17(16(26)27-3,18(19,20)21)23-14-8-7-12(2)10-22-14/h4-10H,1-3H3,(H,22,23)(H,24,25)/p+1/t17-/m1/s1. The Hall–Kier alpha value is -3.10. The third-order valence-electron chi connectivity index (χ3n) is 3.79. The number of pyridine rings is 1. The summed E-state index contributed by atoms with van der Waals surface area (Å²) in [5.74, 6) is -2.92. The molecule has 2 rings (SSSR count). The van der Waals surface area contributed by atoms with E-state index in [1.807, 2.05) is 5.32 Å². The molecule has 9 heteroatoms. The van der Waals surface area contributed by atoms with Gasteiger partial charge in [0.25, 0.3) is 11.7 Å². The molecule has 27 heavy (non-hydrogen) atoms. The first-order valence-electron chi connectivity index (χ1n) is 7.90. The molecule has 0 fully saturated rings. The van der Waals surface area contributed by atoms with Crippen LogP contribution in [0.4, 0.5) is 19.0 Å². The van der Waals surface area contributed by atoms with Gasteiger partial charge in [-0.25, -0.2) is 15.1 Å². The van der Waals surface area contributed by atoms with Crippen LogP contribution in [-0.4, -0.2) is 30.8 Å². The first-order chi connectivity index (χ1) is 12.6. The van der Waals surface area contributed by atoms with Gasteiger partial charge in [0.15, 0.2) is 0 Å². The first-order valence-corrected chi connectivity index (χ1v) is 7.90. The van der Waals surface area contributed by atoms with E-state index in [-0.39, 0.29) is 11.4 Å². The quantitative estimate of drug-likeness (QED) is 0.615. The van der Waals surface area contributed by atoms with Crippen LogP contribution >= 0.6 is 0 Å². The van der Waals surface area contributed by atoms with Crippen LogP contribution in [0.3, 0.4) is 0 Å². The summed E-state index contributed by atoms with van der Waals surface area (Å²) in [6.07, 6.45) is -3.75. The van der Waals surface area contributed by atoms with Crippen molar-refractivity contribution in [3.8, 4) is 0 Å². The molecule has 2 aromatic rings. The molecule has 1 amide bonds. The lowest BCUT2D eigenvalue weighted by atomic mass is 10.1. The predicted molar refractivity (Wildman–Crippen MR) is 90.8 cm³/mol. The number of aryl methyl sites for hydroxylation is 2. The number of halogens is 3. The fourth-order valence-corrected chi connectivity index (χ4v) is 2.35. The van der Waals surface area contributed by atoms with Crippen LogP contribution in [0, 0.1) is 13.8 Å². The molecule has 0 unspecified atom stereocenters. The summed E-state index contributed by atoms with van der Waals surface area (Å²) in [7, 11) is 0.808. The number of carbonyl (C=O) groups excluding carboxylic acids is 2. The summed E-state index contributed by atoms with van der Waals surface area (Å²) in [5.41, 5.74) is -2.06. The van der Waals surface area contributed by atoms with E-state index in [1.54, 1.807) is 31.3 Å². The Morgan fingerprint density at radius 2 is 1.78 bits per heavy atom. The van der Waals surface area contributed by atoms with Crippen molar-refractivity contribution in [2.75, 3.05) is 12.4 Å². The molecule has 1 aromatic heterocycles. The zero-order chi connectivity index (χ0) is 20.2. The first kappa shape index (κ1) is 20.2. The molecule has 0 aliphatic carbocycles. The van der Waals surface area contributed by atoms with Crippen LogP contribution in [0.2, 0.25) is 0 Å². The molecule has 0 aliphatic rings. The lowest BCUT2D eigenvalue weighted by molar-refractivity contribution is -0.363. The summed E-state index contributed by atoms with van der Waals surface area (Å²) in [5, 5.41) is 3.80. The van der Waals surface area contributed by atoms with E-state index in [0.717, 1.165) is 12.7 Å². The molecule has 0 saturated heterocycles. The normalized spacial score (nSPS) is 13.4. The molecule has 144 valence electrons. The van der Waals surface area contributed by atoms with Gasteiger partial charge in [-0.2, -0.15) is 13.2 Å². The molecule has 6 nitrogen and oxygen atoms in total. The Morgan fingerprint density at radius 3 is 2.30 bits per heavy atom. The number of amides is 1. The van der Waals surface area contributed by atoms with Crippen LogP contribution in [0.25, 0.3) is 0 Å². The van der Waals surface area contributed by atoms with Crippen molar-refractivity contribution in [1.82, 2.24) is 5.32 Å². The molecule has 0 aliphatic heterocycles. The smallest absolute Gasteiger partial charge is 0.464 e. The lowest BCUT2D eigenvalue weighted by Crippen LogP contribution is -2.69. The molecular weight excluding hydrogens is 363 g/mol. The zero-order valence-corrected chi connectivity index (χ0v) is 14.9. The molecular formula is C18H19F3N3O3+. The second-order valence-electron chi connectivity index (χ2n) is 5.97. The number of anilines is 1. The Morgan fingerprint density at radius 1 is 1.07 bits per heavy atom. The number of ether oxygens (including phenoxy) is 1. The minimum Gasteiger partial charge on any atom is -0.464 e. The molecule has 3 N–H and O–H groups in total. The maximum absolute atomic E-state index is 13.9. The van der Waals surface area contributed by atoms with Crippen molar-refractivity contribution < 1.29 is 32.5 Å². The maximum atomic E-state index is 13.9. The summed E-state index contributed by atoms with van der Waals surface area (Å²) < 4.78 is 46.2. The molecule has 0 bridgehead atoms. The highest BCUT2D eigenvalue weighted by Gasteiger charge is 2.67. The van der Waals surface area contributed by atoms with E-state index in [1.165, 1.54) is 30.5 Å². The number of aromatic nitrogens is 1. The van der Waals surface area contributed by atoms with E-state index in [0.29, 0.717) is 5.56 Å². The third-order valence-corrected chi connectivity index (χ3v) is 3.79. The molecule has 1 aromatic carbocycles. The highest BCUT2D eigenvalue weighted by Crippen LogP contribution is 2.32. The topological polar surface area (TPSA) is 81.6 Å². The Labute approximate surface area is 153 Å². The van der Waals surface area contributed by atoms with Gasteiger partial charge in [0.1, 0.15) is 0 Å². The van der Waals surface area contributed by atoms with Gasteiger partial charge >= 0.3 is 17.8 Å². The van der Waals surface area contributed by atoms with E-state index in [4.69, 9.17) is 0 Å². The number of aromatic amines is 1. The summed E-state index contributed by atoms with van der Waals surface area (Å²) in [6.45, 7) is 3.42. The van der Waals surface area contributed by atoms with Crippen LogP contribution in [0.5, 0.6) is 0 Å². The van der Waals surface area contributed by atoms with Gasteiger partial charge in [-0.1, -0.05) is 17.7 Å². The minimum absolute atomic E-state index is 0.0257. The maximum Gasteiger partial charge on any atom is 0.464 e. The van der Waals surface area contributed by atoms with Gasteiger partial charge in [-0.05, 0) is 37.6 Å².